The van der Waals surface area contributed by atoms with E-state index in [4.69, 9.17) is 4.74 Å². The van der Waals surface area contributed by atoms with Crippen molar-refractivity contribution in [3.05, 3.63) is 59.7 Å². The molecule has 2 aromatic carbocycles. The van der Waals surface area contributed by atoms with Gasteiger partial charge in [-0.1, -0.05) is 42.1 Å². The maximum absolute atomic E-state index is 12.5. The lowest BCUT2D eigenvalue weighted by Crippen LogP contribution is -2.28. The lowest BCUT2D eigenvalue weighted by molar-refractivity contribution is -0.127. The van der Waals surface area contributed by atoms with Crippen molar-refractivity contribution in [2.45, 2.75) is 18.6 Å². The standard InChI is InChI=1S/C19H21N5O2S/c1-14-7-6-9-16(11-14)24-19(20-21-22-24)27-13-18(25)23(2)12-15-8-4-5-10-17(15)26-3/h4-11H,12-13H2,1-3H3. The van der Waals surface area contributed by atoms with Crippen molar-refractivity contribution >= 4 is 17.7 Å². The van der Waals surface area contributed by atoms with Crippen LogP contribution in [0.3, 0.4) is 0 Å². The van der Waals surface area contributed by atoms with Gasteiger partial charge in [0.25, 0.3) is 0 Å². The number of benzene rings is 2. The molecule has 0 aliphatic rings. The third-order valence-corrected chi connectivity index (χ3v) is 4.94. The van der Waals surface area contributed by atoms with E-state index in [-0.39, 0.29) is 11.7 Å². The van der Waals surface area contributed by atoms with Crippen molar-refractivity contribution in [3.8, 4) is 11.4 Å². The molecular weight excluding hydrogens is 362 g/mol. The molecule has 0 saturated carbocycles. The molecule has 0 atom stereocenters. The predicted molar refractivity (Wildman–Crippen MR) is 104 cm³/mol. The number of ether oxygens (including phenoxy) is 1. The van der Waals surface area contributed by atoms with Crippen LogP contribution in [0.15, 0.2) is 53.7 Å². The third-order valence-electron chi connectivity index (χ3n) is 4.04. The number of aromatic nitrogens is 4. The predicted octanol–water partition coefficient (Wildman–Crippen LogP) is 2.73. The van der Waals surface area contributed by atoms with Gasteiger partial charge in [-0.05, 0) is 41.1 Å². The molecule has 0 N–H and O–H groups in total. The molecule has 8 heteroatoms. The summed E-state index contributed by atoms with van der Waals surface area (Å²) in [6.45, 7) is 2.49. The molecule has 0 fully saturated rings. The number of methoxy groups -OCH3 is 1. The van der Waals surface area contributed by atoms with E-state index >= 15 is 0 Å². The van der Waals surface area contributed by atoms with Crippen LogP contribution in [0.25, 0.3) is 5.69 Å². The van der Waals surface area contributed by atoms with Crippen LogP contribution < -0.4 is 4.74 Å². The Hall–Kier alpha value is -2.87. The van der Waals surface area contributed by atoms with Crippen molar-refractivity contribution in [3.63, 3.8) is 0 Å². The van der Waals surface area contributed by atoms with Crippen LogP contribution >= 0.6 is 11.8 Å². The zero-order valence-electron chi connectivity index (χ0n) is 15.5. The van der Waals surface area contributed by atoms with Gasteiger partial charge in [0, 0.05) is 19.2 Å². The Morgan fingerprint density at radius 2 is 2.04 bits per heavy atom. The summed E-state index contributed by atoms with van der Waals surface area (Å²) < 4.78 is 6.99. The monoisotopic (exact) mass is 383 g/mol. The molecule has 0 aliphatic heterocycles. The number of rotatable bonds is 7. The largest absolute Gasteiger partial charge is 0.496 e. The third kappa shape index (κ3) is 4.65. The van der Waals surface area contributed by atoms with E-state index in [9.17, 15) is 4.79 Å². The van der Waals surface area contributed by atoms with E-state index in [0.29, 0.717) is 11.7 Å². The molecule has 0 unspecified atom stereocenters. The smallest absolute Gasteiger partial charge is 0.233 e. The molecule has 3 rings (SSSR count). The molecule has 0 spiro atoms. The molecule has 0 aliphatic carbocycles. The Morgan fingerprint density at radius 1 is 1.22 bits per heavy atom. The summed E-state index contributed by atoms with van der Waals surface area (Å²) in [7, 11) is 3.40. The van der Waals surface area contributed by atoms with E-state index in [1.54, 1.807) is 23.7 Å². The van der Waals surface area contributed by atoms with E-state index in [1.165, 1.54) is 11.8 Å². The van der Waals surface area contributed by atoms with Gasteiger partial charge in [0.1, 0.15) is 5.75 Å². The van der Waals surface area contributed by atoms with E-state index in [1.807, 2.05) is 55.5 Å². The van der Waals surface area contributed by atoms with Gasteiger partial charge in [-0.2, -0.15) is 4.68 Å². The Kier molecular flexibility index (Phi) is 6.08. The number of amides is 1. The summed E-state index contributed by atoms with van der Waals surface area (Å²) in [6, 6.07) is 15.6. The Balaban J connectivity index is 1.64. The fourth-order valence-electron chi connectivity index (χ4n) is 2.60. The Bertz CT molecular complexity index is 928. The molecule has 0 radical (unpaired) electrons. The Labute approximate surface area is 162 Å². The van der Waals surface area contributed by atoms with Crippen LogP contribution in [0.1, 0.15) is 11.1 Å². The summed E-state index contributed by atoms with van der Waals surface area (Å²) >= 11 is 1.32. The molecule has 0 saturated heterocycles. The number of tetrazole rings is 1. The molecule has 140 valence electrons. The first kappa shape index (κ1) is 18.9. The van der Waals surface area contributed by atoms with Crippen molar-refractivity contribution in [2.75, 3.05) is 19.9 Å². The van der Waals surface area contributed by atoms with E-state index < -0.39 is 0 Å². The van der Waals surface area contributed by atoms with Gasteiger partial charge < -0.3 is 9.64 Å². The lowest BCUT2D eigenvalue weighted by atomic mass is 10.2. The van der Waals surface area contributed by atoms with Crippen molar-refractivity contribution in [1.29, 1.82) is 0 Å². The van der Waals surface area contributed by atoms with Gasteiger partial charge in [-0.25, -0.2) is 0 Å². The first-order valence-electron chi connectivity index (χ1n) is 8.42. The van der Waals surface area contributed by atoms with Crippen LogP contribution in [0.4, 0.5) is 0 Å². The van der Waals surface area contributed by atoms with Crippen molar-refractivity contribution in [1.82, 2.24) is 25.1 Å². The molecule has 1 aromatic heterocycles. The fourth-order valence-corrected chi connectivity index (χ4v) is 3.44. The highest BCUT2D eigenvalue weighted by Gasteiger charge is 2.15. The Morgan fingerprint density at radius 3 is 2.81 bits per heavy atom. The summed E-state index contributed by atoms with van der Waals surface area (Å²) in [6.07, 6.45) is 0. The van der Waals surface area contributed by atoms with Gasteiger partial charge in [0.2, 0.25) is 11.1 Å². The number of carbonyl (C=O) groups is 1. The highest BCUT2D eigenvalue weighted by atomic mass is 32.2. The van der Waals surface area contributed by atoms with Crippen LogP contribution in [-0.4, -0.2) is 50.9 Å². The SMILES string of the molecule is COc1ccccc1CN(C)C(=O)CSc1nnnn1-c1cccc(C)c1. The van der Waals surface area contributed by atoms with Crippen LogP contribution in [0, 0.1) is 6.92 Å². The van der Waals surface area contributed by atoms with Crippen molar-refractivity contribution in [2.24, 2.45) is 0 Å². The minimum Gasteiger partial charge on any atom is -0.496 e. The van der Waals surface area contributed by atoms with Crippen LogP contribution in [-0.2, 0) is 11.3 Å². The average Bonchev–Trinajstić information content (AvgIpc) is 3.15. The minimum atomic E-state index is -0.00954. The summed E-state index contributed by atoms with van der Waals surface area (Å²) in [4.78, 5) is 14.2. The highest BCUT2D eigenvalue weighted by molar-refractivity contribution is 7.99. The molecule has 3 aromatic rings. The molecule has 0 bridgehead atoms. The number of carbonyl (C=O) groups excluding carboxylic acids is 1. The quantitative estimate of drug-likeness (QED) is 0.584. The number of hydrogen-bond acceptors (Lipinski definition) is 6. The number of aryl methyl sites for hydroxylation is 1. The van der Waals surface area contributed by atoms with Gasteiger partial charge >= 0.3 is 0 Å². The van der Waals surface area contributed by atoms with Crippen molar-refractivity contribution < 1.29 is 9.53 Å². The molecule has 27 heavy (non-hydrogen) atoms. The number of hydrogen-bond donors (Lipinski definition) is 0. The summed E-state index contributed by atoms with van der Waals surface area (Å²) in [5, 5.41) is 12.4. The van der Waals surface area contributed by atoms with Gasteiger partial charge in [0.05, 0.1) is 18.6 Å². The maximum Gasteiger partial charge on any atom is 0.233 e. The van der Waals surface area contributed by atoms with Gasteiger partial charge in [-0.3, -0.25) is 4.79 Å². The van der Waals surface area contributed by atoms with E-state index in [0.717, 1.165) is 22.6 Å². The number of nitrogens with zero attached hydrogens (tertiary/aromatic N) is 5. The maximum atomic E-state index is 12.5. The highest BCUT2D eigenvalue weighted by Crippen LogP contribution is 2.21. The topological polar surface area (TPSA) is 73.1 Å². The summed E-state index contributed by atoms with van der Waals surface area (Å²) in [5.74, 6) is 1.01. The zero-order chi connectivity index (χ0) is 19.2. The first-order valence-corrected chi connectivity index (χ1v) is 9.41. The van der Waals surface area contributed by atoms with Crippen LogP contribution in [0.5, 0.6) is 5.75 Å². The first-order chi connectivity index (χ1) is 13.1. The average molecular weight is 383 g/mol. The lowest BCUT2D eigenvalue weighted by Gasteiger charge is -2.18. The fraction of sp³-hybridized carbons (Fsp3) is 0.263. The second kappa shape index (κ2) is 8.68. The number of para-hydroxylation sites is 1. The van der Waals surface area contributed by atoms with Crippen LogP contribution in [0.2, 0.25) is 0 Å². The second-order valence-electron chi connectivity index (χ2n) is 6.06. The van der Waals surface area contributed by atoms with E-state index in [2.05, 4.69) is 15.5 Å². The van der Waals surface area contributed by atoms with Gasteiger partial charge in [-0.15, -0.1) is 5.10 Å². The summed E-state index contributed by atoms with van der Waals surface area (Å²) in [5.41, 5.74) is 2.95. The molecule has 1 amide bonds. The molecule has 7 nitrogen and oxygen atoms in total. The van der Waals surface area contributed by atoms with Gasteiger partial charge in [0.15, 0.2) is 0 Å². The zero-order valence-corrected chi connectivity index (χ0v) is 16.3. The molecular formula is C19H21N5O2S. The second-order valence-corrected chi connectivity index (χ2v) is 7.01. The minimum absolute atomic E-state index is 0.00954. The number of thioether (sulfide) groups is 1. The molecule has 1 heterocycles. The normalized spacial score (nSPS) is 10.6.